The van der Waals surface area contributed by atoms with Crippen LogP contribution >= 0.6 is 0 Å². The summed E-state index contributed by atoms with van der Waals surface area (Å²) < 4.78 is 80.1. The molecule has 1 heterocycles. The second-order valence-corrected chi connectivity index (χ2v) is 12.3. The van der Waals surface area contributed by atoms with Crippen molar-refractivity contribution in [2.75, 3.05) is 12.4 Å². The lowest BCUT2D eigenvalue weighted by Gasteiger charge is -2.57. The Hall–Kier alpha value is -2.36. The number of allylic oxidation sites excluding steroid dienone is 2. The molecule has 1 aromatic rings. The lowest BCUT2D eigenvalue weighted by atomic mass is 9.49. The van der Waals surface area contributed by atoms with Crippen LogP contribution in [0.25, 0.3) is 0 Å². The summed E-state index contributed by atoms with van der Waals surface area (Å²) in [6, 6.07) is -0.141. The number of hydrogen-bond acceptors (Lipinski definition) is 2. The largest absolute Gasteiger partial charge is 0.433 e. The van der Waals surface area contributed by atoms with Gasteiger partial charge in [0, 0.05) is 5.41 Å². The lowest BCUT2D eigenvalue weighted by molar-refractivity contribution is -0.722. The minimum atomic E-state index is -5.00. The highest BCUT2D eigenvalue weighted by molar-refractivity contribution is 5.94. The molecular weight excluding hydrogens is 510 g/mol. The van der Waals surface area contributed by atoms with Gasteiger partial charge in [-0.05, 0) is 86.0 Å². The number of rotatable bonds is 1. The zero-order valence-electron chi connectivity index (χ0n) is 21.7. The van der Waals surface area contributed by atoms with E-state index in [-0.39, 0.29) is 18.4 Å². The minimum absolute atomic E-state index is 0.0671. The van der Waals surface area contributed by atoms with Crippen molar-refractivity contribution in [3.05, 3.63) is 41.1 Å². The predicted octanol–water partition coefficient (Wildman–Crippen LogP) is 8.15. The van der Waals surface area contributed by atoms with Crippen molar-refractivity contribution in [3.8, 4) is 0 Å². The monoisotopic (exact) mass is 543 g/mol. The zero-order valence-corrected chi connectivity index (χ0v) is 21.7. The molecule has 3 fully saturated rings. The van der Waals surface area contributed by atoms with Gasteiger partial charge in [-0.25, -0.2) is 9.59 Å². The number of alkyl halides is 6. The van der Waals surface area contributed by atoms with E-state index < -0.39 is 51.0 Å². The number of quaternary nitrogens is 1. The summed E-state index contributed by atoms with van der Waals surface area (Å²) in [7, 11) is 1.37. The number of anilines is 1. The third-order valence-corrected chi connectivity index (χ3v) is 10.3. The van der Waals surface area contributed by atoms with Gasteiger partial charge in [-0.2, -0.15) is 30.8 Å². The first kappa shape index (κ1) is 27.2. The van der Waals surface area contributed by atoms with Crippen molar-refractivity contribution in [1.82, 2.24) is 0 Å². The number of carbonyl (C=O) groups excluding carboxylic acids is 2. The molecule has 3 amide bonds. The van der Waals surface area contributed by atoms with Crippen LogP contribution in [0.1, 0.15) is 76.3 Å². The van der Waals surface area contributed by atoms with Crippen molar-refractivity contribution in [3.63, 3.8) is 0 Å². The highest BCUT2D eigenvalue weighted by Crippen LogP contribution is 2.65. The summed E-state index contributed by atoms with van der Waals surface area (Å²) in [6.07, 6.45) is -1.14. The highest BCUT2D eigenvalue weighted by Gasteiger charge is 2.63. The van der Waals surface area contributed by atoms with Gasteiger partial charge in [0.05, 0.1) is 30.3 Å². The number of urea groups is 1. The Morgan fingerprint density at radius 3 is 2.37 bits per heavy atom. The highest BCUT2D eigenvalue weighted by atomic mass is 19.4. The molecule has 1 aromatic carbocycles. The van der Waals surface area contributed by atoms with Crippen LogP contribution in [0.2, 0.25) is 0 Å². The average molecular weight is 544 g/mol. The fourth-order valence-electron chi connectivity index (χ4n) is 8.32. The fourth-order valence-corrected chi connectivity index (χ4v) is 8.32. The Kier molecular flexibility index (Phi) is 6.14. The topological polar surface area (TPSA) is 46.2 Å². The lowest BCUT2D eigenvalue weighted by Crippen LogP contribution is -2.64. The Labute approximate surface area is 218 Å². The van der Waals surface area contributed by atoms with Crippen LogP contribution in [0.15, 0.2) is 30.0 Å². The number of piperidine rings is 1. The Morgan fingerprint density at radius 2 is 1.71 bits per heavy atom. The van der Waals surface area contributed by atoms with Crippen LogP contribution in [0, 0.1) is 28.6 Å². The van der Waals surface area contributed by atoms with Crippen LogP contribution in [-0.2, 0) is 17.1 Å². The standard InChI is InChI=1S/C28H32F6N2O2/c1-25-12-4-5-18(25)17-7-9-22-26(2,19(17)10-13-25)14-11-23(37)36(22,3)24(38)35-21-15-16(27(29,30)31)6-8-20(21)28(32,33)34/h6,8-9,15,17-19H,4-5,7,10-14H2,1-3H3/p+1/t17-,18-,19-,25-,26+,36?/m0/s1. The number of imide groups is 1. The molecule has 0 bridgehead atoms. The van der Waals surface area contributed by atoms with Gasteiger partial charge in [-0.15, -0.1) is 0 Å². The SMILES string of the molecule is C[C@@]12CCC[C@H]1[C@@H]1CC=C3[C@](C)(CCC(=O)[N+]3(C)C(=O)Nc3cc(C(F)(F)F)ccc3C(F)(F)F)[C@H]1CC2. The van der Waals surface area contributed by atoms with Crippen molar-refractivity contribution in [2.45, 2.75) is 77.6 Å². The van der Waals surface area contributed by atoms with Gasteiger partial charge < -0.3 is 0 Å². The predicted molar refractivity (Wildman–Crippen MR) is 128 cm³/mol. The van der Waals surface area contributed by atoms with E-state index in [2.05, 4.69) is 19.2 Å². The summed E-state index contributed by atoms with van der Waals surface area (Å²) in [5, 5.41) is 2.09. The molecule has 0 spiro atoms. The summed E-state index contributed by atoms with van der Waals surface area (Å²) in [4.78, 5) is 27.0. The molecule has 5 rings (SSSR count). The van der Waals surface area contributed by atoms with E-state index in [4.69, 9.17) is 0 Å². The molecule has 1 N–H and O–H groups in total. The molecule has 38 heavy (non-hydrogen) atoms. The maximum Gasteiger partial charge on any atom is 0.433 e. The molecule has 2 saturated carbocycles. The Morgan fingerprint density at radius 1 is 1.00 bits per heavy atom. The molecule has 1 aliphatic heterocycles. The van der Waals surface area contributed by atoms with E-state index in [1.54, 1.807) is 0 Å². The van der Waals surface area contributed by atoms with Gasteiger partial charge in [0.15, 0.2) is 0 Å². The van der Waals surface area contributed by atoms with Gasteiger partial charge >= 0.3 is 24.3 Å². The molecule has 1 unspecified atom stereocenters. The molecule has 4 nitrogen and oxygen atoms in total. The van der Waals surface area contributed by atoms with Gasteiger partial charge in [0.25, 0.3) is 0 Å². The smallest absolute Gasteiger partial charge is 0.274 e. The summed E-state index contributed by atoms with van der Waals surface area (Å²) in [6.45, 7) is 4.41. The average Bonchev–Trinajstić information content (AvgIpc) is 3.22. The van der Waals surface area contributed by atoms with Gasteiger partial charge in [0.2, 0.25) is 0 Å². The van der Waals surface area contributed by atoms with Gasteiger partial charge in [-0.3, -0.25) is 5.32 Å². The maximum atomic E-state index is 13.7. The van der Waals surface area contributed by atoms with E-state index in [1.807, 2.05) is 6.08 Å². The summed E-state index contributed by atoms with van der Waals surface area (Å²) >= 11 is 0. The molecular formula is C28H33F6N2O2+. The molecule has 0 radical (unpaired) electrons. The zero-order chi connectivity index (χ0) is 27.9. The number of benzene rings is 1. The second kappa shape index (κ2) is 8.57. The molecule has 6 atom stereocenters. The number of carbonyl (C=O) groups is 2. The van der Waals surface area contributed by atoms with Gasteiger partial charge in [-0.1, -0.05) is 20.3 Å². The maximum absolute atomic E-state index is 13.7. The molecule has 0 aromatic heterocycles. The van der Waals surface area contributed by atoms with Crippen LogP contribution in [-0.4, -0.2) is 23.5 Å². The molecule has 1 saturated heterocycles. The summed E-state index contributed by atoms with van der Waals surface area (Å²) in [5.41, 5.74) is -3.39. The molecule has 4 aliphatic rings. The number of nitrogens with one attached hydrogen (secondary N) is 1. The number of likely N-dealkylation sites (tertiary alicyclic amines) is 1. The number of hydrogen-bond donors (Lipinski definition) is 1. The van der Waals surface area contributed by atoms with Gasteiger partial charge in [0.1, 0.15) is 5.70 Å². The quantitative estimate of drug-likeness (QED) is 0.287. The first-order valence-electron chi connectivity index (χ1n) is 13.2. The van der Waals surface area contributed by atoms with E-state index in [9.17, 15) is 35.9 Å². The van der Waals surface area contributed by atoms with Crippen LogP contribution in [0.3, 0.4) is 0 Å². The Balaban J connectivity index is 1.53. The first-order valence-corrected chi connectivity index (χ1v) is 13.2. The van der Waals surface area contributed by atoms with Crippen molar-refractivity contribution in [1.29, 1.82) is 0 Å². The second-order valence-electron chi connectivity index (χ2n) is 12.3. The fraction of sp³-hybridized carbons (Fsp3) is 0.643. The van der Waals surface area contributed by atoms with Crippen molar-refractivity contribution < 1.29 is 40.4 Å². The Bertz CT molecular complexity index is 1210. The number of amides is 3. The van der Waals surface area contributed by atoms with Crippen LogP contribution in [0.5, 0.6) is 0 Å². The van der Waals surface area contributed by atoms with Crippen LogP contribution in [0.4, 0.5) is 36.8 Å². The normalized spacial score (nSPS) is 37.1. The molecule has 10 heteroatoms. The molecule has 3 aliphatic carbocycles. The molecule has 208 valence electrons. The number of fused-ring (bicyclic) bond motifs is 5. The van der Waals surface area contributed by atoms with Crippen molar-refractivity contribution >= 4 is 17.6 Å². The third kappa shape index (κ3) is 4.00. The van der Waals surface area contributed by atoms with E-state index in [1.165, 1.54) is 19.9 Å². The van der Waals surface area contributed by atoms with Crippen molar-refractivity contribution in [2.24, 2.45) is 28.6 Å². The van der Waals surface area contributed by atoms with E-state index >= 15 is 0 Å². The third-order valence-electron chi connectivity index (χ3n) is 10.3. The summed E-state index contributed by atoms with van der Waals surface area (Å²) in [5.74, 6) is 0.721. The minimum Gasteiger partial charge on any atom is -0.274 e. The van der Waals surface area contributed by atoms with E-state index in [0.717, 1.165) is 19.3 Å². The van der Waals surface area contributed by atoms with Crippen LogP contribution < -0.4 is 5.32 Å². The number of nitrogens with zero attached hydrogens (tertiary/aromatic N) is 1. The number of halogens is 6. The first-order chi connectivity index (χ1) is 17.5. The van der Waals surface area contributed by atoms with E-state index in [0.29, 0.717) is 47.9 Å².